The highest BCUT2D eigenvalue weighted by Crippen LogP contribution is 2.41. The number of unbranched alkanes of at least 4 members (excludes halogenated alkanes) is 1. The minimum Gasteiger partial charge on any atom is -0.375 e. The molecular formula is C12H13F2NO2. The molecule has 3 nitrogen and oxygen atoms in total. The van der Waals surface area contributed by atoms with Crippen molar-refractivity contribution in [1.82, 2.24) is 0 Å². The van der Waals surface area contributed by atoms with Crippen LogP contribution in [0.15, 0.2) is 12.1 Å². The third kappa shape index (κ3) is 1.70. The van der Waals surface area contributed by atoms with Crippen LogP contribution in [0.2, 0.25) is 0 Å². The van der Waals surface area contributed by atoms with Gasteiger partial charge in [0, 0.05) is 5.56 Å². The Balaban J connectivity index is 2.47. The molecule has 0 aromatic heterocycles. The Morgan fingerprint density at radius 3 is 2.76 bits per heavy atom. The normalized spacial score (nSPS) is 22.5. The number of carbonyl (C=O) groups excluding carboxylic acids is 1. The molecule has 1 aromatic carbocycles. The summed E-state index contributed by atoms with van der Waals surface area (Å²) in [5.74, 6) is -2.85. The molecule has 2 N–H and O–H groups in total. The van der Waals surface area contributed by atoms with Gasteiger partial charge >= 0.3 is 0 Å². The summed E-state index contributed by atoms with van der Waals surface area (Å²) in [5.41, 5.74) is -1.86. The van der Waals surface area contributed by atoms with Crippen molar-refractivity contribution in [2.24, 2.45) is 0 Å². The fraction of sp³-hybridized carbons (Fsp3) is 0.417. The van der Waals surface area contributed by atoms with E-state index in [1.54, 1.807) is 0 Å². The van der Waals surface area contributed by atoms with E-state index in [1.165, 1.54) is 6.07 Å². The number of fused-ring (bicyclic) bond motifs is 1. The van der Waals surface area contributed by atoms with Gasteiger partial charge in [0.1, 0.15) is 0 Å². The molecule has 17 heavy (non-hydrogen) atoms. The van der Waals surface area contributed by atoms with Gasteiger partial charge in [0.05, 0.1) is 5.69 Å². The number of hydrogen-bond donors (Lipinski definition) is 2. The Labute approximate surface area is 97.5 Å². The van der Waals surface area contributed by atoms with E-state index in [0.717, 1.165) is 12.5 Å². The molecule has 1 amide bonds. The fourth-order valence-corrected chi connectivity index (χ4v) is 2.04. The summed E-state index contributed by atoms with van der Waals surface area (Å²) in [5, 5.41) is 12.5. The zero-order valence-electron chi connectivity index (χ0n) is 9.39. The molecule has 0 bridgehead atoms. The largest absolute Gasteiger partial charge is 0.375 e. The average Bonchev–Trinajstić information content (AvgIpc) is 2.56. The van der Waals surface area contributed by atoms with Crippen LogP contribution in [0.4, 0.5) is 14.5 Å². The number of benzene rings is 1. The first-order chi connectivity index (χ1) is 8.00. The smallest absolute Gasteiger partial charge is 0.261 e. The third-order valence-electron chi connectivity index (χ3n) is 3.05. The summed E-state index contributed by atoms with van der Waals surface area (Å²) in [7, 11) is 0. The van der Waals surface area contributed by atoms with Crippen LogP contribution >= 0.6 is 0 Å². The van der Waals surface area contributed by atoms with E-state index < -0.39 is 23.1 Å². The zero-order chi connectivity index (χ0) is 12.6. The number of carbonyl (C=O) groups is 1. The highest BCUT2D eigenvalue weighted by molar-refractivity contribution is 6.05. The summed E-state index contributed by atoms with van der Waals surface area (Å²) in [4.78, 5) is 11.7. The molecule has 0 saturated heterocycles. The van der Waals surface area contributed by atoms with E-state index >= 15 is 0 Å². The molecule has 1 atom stereocenters. The highest BCUT2D eigenvalue weighted by Gasteiger charge is 2.46. The van der Waals surface area contributed by atoms with Crippen molar-refractivity contribution in [2.75, 3.05) is 5.32 Å². The van der Waals surface area contributed by atoms with Crippen LogP contribution in [0, 0.1) is 11.6 Å². The summed E-state index contributed by atoms with van der Waals surface area (Å²) in [6, 6.07) is 2.17. The van der Waals surface area contributed by atoms with Gasteiger partial charge in [-0.25, -0.2) is 8.78 Å². The van der Waals surface area contributed by atoms with E-state index in [4.69, 9.17) is 0 Å². The molecule has 5 heteroatoms. The van der Waals surface area contributed by atoms with E-state index in [-0.39, 0.29) is 17.7 Å². The Kier molecular flexibility index (Phi) is 2.87. The summed E-state index contributed by atoms with van der Waals surface area (Å²) >= 11 is 0. The van der Waals surface area contributed by atoms with Crippen molar-refractivity contribution in [3.05, 3.63) is 29.3 Å². The Morgan fingerprint density at radius 1 is 1.41 bits per heavy atom. The third-order valence-corrected chi connectivity index (χ3v) is 3.05. The lowest BCUT2D eigenvalue weighted by Gasteiger charge is -2.20. The molecule has 1 aliphatic rings. The predicted octanol–water partition coefficient (Wildman–Crippen LogP) is 2.29. The number of rotatable bonds is 3. The zero-order valence-corrected chi connectivity index (χ0v) is 9.39. The van der Waals surface area contributed by atoms with E-state index in [9.17, 15) is 18.7 Å². The number of amides is 1. The fourth-order valence-electron chi connectivity index (χ4n) is 2.04. The molecule has 0 radical (unpaired) electrons. The van der Waals surface area contributed by atoms with Crippen LogP contribution in [0.5, 0.6) is 0 Å². The number of nitrogens with one attached hydrogen (secondary N) is 1. The van der Waals surface area contributed by atoms with Crippen molar-refractivity contribution in [3.63, 3.8) is 0 Å². The first kappa shape index (κ1) is 12.0. The van der Waals surface area contributed by atoms with Crippen LogP contribution in [0.3, 0.4) is 0 Å². The number of hydrogen-bond acceptors (Lipinski definition) is 2. The van der Waals surface area contributed by atoms with Gasteiger partial charge in [0.15, 0.2) is 17.2 Å². The molecular weight excluding hydrogens is 228 g/mol. The first-order valence-electron chi connectivity index (χ1n) is 5.53. The van der Waals surface area contributed by atoms with Crippen molar-refractivity contribution >= 4 is 11.6 Å². The molecule has 92 valence electrons. The van der Waals surface area contributed by atoms with Gasteiger partial charge < -0.3 is 10.4 Å². The van der Waals surface area contributed by atoms with E-state index in [0.29, 0.717) is 6.42 Å². The van der Waals surface area contributed by atoms with Gasteiger partial charge in [-0.2, -0.15) is 0 Å². The van der Waals surface area contributed by atoms with Crippen LogP contribution in [0.25, 0.3) is 0 Å². The Hall–Kier alpha value is -1.49. The molecule has 0 saturated carbocycles. The molecule has 0 spiro atoms. The quantitative estimate of drug-likeness (QED) is 0.853. The summed E-state index contributed by atoms with van der Waals surface area (Å²) in [6.45, 7) is 1.92. The lowest BCUT2D eigenvalue weighted by atomic mass is 9.90. The van der Waals surface area contributed by atoms with Crippen LogP contribution in [-0.4, -0.2) is 11.0 Å². The van der Waals surface area contributed by atoms with Gasteiger partial charge in [-0.05, 0) is 18.9 Å². The number of anilines is 1. The van der Waals surface area contributed by atoms with Gasteiger partial charge in [-0.1, -0.05) is 19.4 Å². The molecule has 0 fully saturated rings. The first-order valence-corrected chi connectivity index (χ1v) is 5.53. The summed E-state index contributed by atoms with van der Waals surface area (Å²) in [6.07, 6.45) is 1.63. The van der Waals surface area contributed by atoms with Gasteiger partial charge in [0.25, 0.3) is 5.91 Å². The van der Waals surface area contributed by atoms with Gasteiger partial charge in [-0.3, -0.25) is 4.79 Å². The average molecular weight is 241 g/mol. The molecule has 1 heterocycles. The lowest BCUT2D eigenvalue weighted by molar-refractivity contribution is -0.134. The van der Waals surface area contributed by atoms with Crippen molar-refractivity contribution in [1.29, 1.82) is 0 Å². The van der Waals surface area contributed by atoms with Crippen molar-refractivity contribution < 1.29 is 18.7 Å². The predicted molar refractivity (Wildman–Crippen MR) is 58.4 cm³/mol. The maximum atomic E-state index is 13.4. The number of halogens is 2. The molecule has 0 aliphatic carbocycles. The topological polar surface area (TPSA) is 49.3 Å². The van der Waals surface area contributed by atoms with Gasteiger partial charge in [0.2, 0.25) is 0 Å². The van der Waals surface area contributed by atoms with Gasteiger partial charge in [-0.15, -0.1) is 0 Å². The minimum atomic E-state index is -1.74. The Bertz CT molecular complexity index is 476. The van der Waals surface area contributed by atoms with Crippen LogP contribution in [-0.2, 0) is 10.4 Å². The molecule has 1 unspecified atom stereocenters. The summed E-state index contributed by atoms with van der Waals surface area (Å²) < 4.78 is 26.4. The van der Waals surface area contributed by atoms with E-state index in [1.807, 2.05) is 6.92 Å². The molecule has 1 aromatic rings. The SMILES string of the molecule is CCCCC1(O)C(=O)Nc2c1ccc(F)c2F. The van der Waals surface area contributed by atoms with Crippen LogP contribution in [0.1, 0.15) is 31.7 Å². The Morgan fingerprint density at radius 2 is 2.12 bits per heavy atom. The standard InChI is InChI=1S/C12H13F2NO2/c1-2-3-6-12(17)7-4-5-8(13)9(14)10(7)15-11(12)16/h4-5,17H,2-3,6H2,1H3,(H,15,16). The second-order valence-corrected chi connectivity index (χ2v) is 4.20. The molecule has 1 aliphatic heterocycles. The minimum absolute atomic E-state index is 0.120. The monoisotopic (exact) mass is 241 g/mol. The van der Waals surface area contributed by atoms with E-state index in [2.05, 4.69) is 5.32 Å². The van der Waals surface area contributed by atoms with Crippen molar-refractivity contribution in [3.8, 4) is 0 Å². The maximum absolute atomic E-state index is 13.4. The maximum Gasteiger partial charge on any atom is 0.261 e. The second kappa shape index (κ2) is 4.07. The van der Waals surface area contributed by atoms with Crippen LogP contribution < -0.4 is 5.32 Å². The second-order valence-electron chi connectivity index (χ2n) is 4.20. The van der Waals surface area contributed by atoms with Crippen molar-refractivity contribution in [2.45, 2.75) is 31.8 Å². The molecule has 2 rings (SSSR count). The number of aliphatic hydroxyl groups is 1. The lowest BCUT2D eigenvalue weighted by Crippen LogP contribution is -2.33. The highest BCUT2D eigenvalue weighted by atomic mass is 19.2.